The predicted octanol–water partition coefficient (Wildman–Crippen LogP) is 1.89. The van der Waals surface area contributed by atoms with E-state index in [1.54, 1.807) is 18.5 Å². The minimum absolute atomic E-state index is 0.635. The van der Waals surface area contributed by atoms with Gasteiger partial charge in [0.2, 0.25) is 5.69 Å². The Morgan fingerprint density at radius 1 is 1.45 bits per heavy atom. The van der Waals surface area contributed by atoms with E-state index in [-0.39, 0.29) is 0 Å². The maximum absolute atomic E-state index is 6.76. The van der Waals surface area contributed by atoms with Crippen molar-refractivity contribution in [1.82, 2.24) is 9.38 Å². The van der Waals surface area contributed by atoms with Crippen LogP contribution in [0.25, 0.3) is 10.5 Å². The van der Waals surface area contributed by atoms with Crippen molar-refractivity contribution in [3.05, 3.63) is 42.1 Å². The molecule has 0 atom stereocenters. The highest BCUT2D eigenvalue weighted by Crippen LogP contribution is 2.11. The summed E-state index contributed by atoms with van der Waals surface area (Å²) in [7, 11) is 0. The van der Waals surface area contributed by atoms with Crippen molar-refractivity contribution in [2.45, 2.75) is 0 Å². The molecule has 2 aromatic rings. The van der Waals surface area contributed by atoms with Crippen LogP contribution in [0.15, 0.2) is 30.7 Å². The highest BCUT2D eigenvalue weighted by molar-refractivity contribution is 5.50. The Kier molecular flexibility index (Phi) is 1.13. The van der Waals surface area contributed by atoms with Crippen LogP contribution in [-0.2, 0) is 0 Å². The van der Waals surface area contributed by atoms with E-state index in [0.29, 0.717) is 5.69 Å². The largest absolute Gasteiger partial charge is 0.318 e. The van der Waals surface area contributed by atoms with Crippen LogP contribution < -0.4 is 0 Å². The van der Waals surface area contributed by atoms with Crippen LogP contribution in [0.5, 0.6) is 0 Å². The molecule has 0 spiro atoms. The molecule has 3 nitrogen and oxygen atoms in total. The molecule has 52 valence electrons. The second kappa shape index (κ2) is 2.10. The fraction of sp³-hybridized carbons (Fsp3) is 0. The van der Waals surface area contributed by atoms with Gasteiger partial charge in [-0.3, -0.25) is 0 Å². The monoisotopic (exact) mass is 143 g/mol. The third-order valence-corrected chi connectivity index (χ3v) is 1.50. The molecule has 2 aromatic heterocycles. The van der Waals surface area contributed by atoms with Gasteiger partial charge in [-0.15, -0.1) is 0 Å². The number of aromatic nitrogens is 2. The maximum atomic E-state index is 6.76. The van der Waals surface area contributed by atoms with Gasteiger partial charge in [0.15, 0.2) is 0 Å². The molecule has 0 aliphatic carbocycles. The first-order valence-corrected chi connectivity index (χ1v) is 3.20. The highest BCUT2D eigenvalue weighted by Gasteiger charge is 1.93. The lowest BCUT2D eigenvalue weighted by atomic mass is 10.4. The summed E-state index contributed by atoms with van der Waals surface area (Å²) in [5.74, 6) is 0. The molecule has 0 saturated carbocycles. The Morgan fingerprint density at radius 3 is 3.18 bits per heavy atom. The molecule has 0 fully saturated rings. The van der Waals surface area contributed by atoms with Gasteiger partial charge in [0.1, 0.15) is 5.65 Å². The SMILES string of the molecule is [C-]#[N+]c1ccc2nccn2c1. The second-order valence-electron chi connectivity index (χ2n) is 2.19. The van der Waals surface area contributed by atoms with Crippen molar-refractivity contribution in [2.75, 3.05) is 0 Å². The van der Waals surface area contributed by atoms with E-state index in [9.17, 15) is 0 Å². The molecule has 0 aliphatic rings. The number of pyridine rings is 1. The van der Waals surface area contributed by atoms with E-state index in [1.165, 1.54) is 0 Å². The average Bonchev–Trinajstić information content (AvgIpc) is 2.50. The molecule has 0 unspecified atom stereocenters. The van der Waals surface area contributed by atoms with Gasteiger partial charge in [0.25, 0.3) is 0 Å². The normalized spacial score (nSPS) is 9.73. The maximum Gasteiger partial charge on any atom is 0.203 e. The zero-order valence-corrected chi connectivity index (χ0v) is 5.73. The fourth-order valence-electron chi connectivity index (χ4n) is 0.974. The number of hydrogen-bond acceptors (Lipinski definition) is 1. The van der Waals surface area contributed by atoms with E-state index in [0.717, 1.165) is 5.65 Å². The molecule has 0 radical (unpaired) electrons. The number of rotatable bonds is 0. The zero-order valence-electron chi connectivity index (χ0n) is 5.73. The summed E-state index contributed by atoms with van der Waals surface area (Å²) in [5, 5.41) is 0. The van der Waals surface area contributed by atoms with Crippen molar-refractivity contribution < 1.29 is 0 Å². The summed E-state index contributed by atoms with van der Waals surface area (Å²) in [4.78, 5) is 7.36. The third-order valence-electron chi connectivity index (χ3n) is 1.50. The highest BCUT2D eigenvalue weighted by atomic mass is 15.0. The molecule has 0 amide bonds. The second-order valence-corrected chi connectivity index (χ2v) is 2.19. The molecular weight excluding hydrogens is 138 g/mol. The molecule has 2 heterocycles. The lowest BCUT2D eigenvalue weighted by Crippen LogP contribution is -1.79. The van der Waals surface area contributed by atoms with Crippen LogP contribution >= 0.6 is 0 Å². The van der Waals surface area contributed by atoms with E-state index in [4.69, 9.17) is 6.57 Å². The molecule has 0 N–H and O–H groups in total. The summed E-state index contributed by atoms with van der Waals surface area (Å²) in [6, 6.07) is 3.59. The van der Waals surface area contributed by atoms with Crippen molar-refractivity contribution in [2.24, 2.45) is 0 Å². The van der Waals surface area contributed by atoms with Gasteiger partial charge in [-0.1, -0.05) is 6.07 Å². The van der Waals surface area contributed by atoms with Crippen LogP contribution in [-0.4, -0.2) is 9.38 Å². The van der Waals surface area contributed by atoms with Crippen LogP contribution in [0.2, 0.25) is 0 Å². The number of nitrogens with zero attached hydrogens (tertiary/aromatic N) is 3. The molecule has 3 heteroatoms. The zero-order chi connectivity index (χ0) is 7.68. The lowest BCUT2D eigenvalue weighted by molar-refractivity contribution is 1.19. The molecule has 11 heavy (non-hydrogen) atoms. The molecule has 2 rings (SSSR count). The molecule has 0 bridgehead atoms. The summed E-state index contributed by atoms with van der Waals surface area (Å²) < 4.78 is 1.83. The van der Waals surface area contributed by atoms with E-state index < -0.39 is 0 Å². The molecule has 0 saturated heterocycles. The van der Waals surface area contributed by atoms with Gasteiger partial charge < -0.3 is 4.40 Å². The predicted molar refractivity (Wildman–Crippen MR) is 41.5 cm³/mol. The van der Waals surface area contributed by atoms with Crippen LogP contribution in [0.3, 0.4) is 0 Å². The third kappa shape index (κ3) is 0.849. The van der Waals surface area contributed by atoms with Gasteiger partial charge in [-0.05, 0) is 6.07 Å². The summed E-state index contributed by atoms with van der Waals surface area (Å²) in [6.07, 6.45) is 5.29. The Balaban J connectivity index is 2.79. The van der Waals surface area contributed by atoms with Crippen LogP contribution in [0, 0.1) is 6.57 Å². The lowest BCUT2D eigenvalue weighted by Gasteiger charge is -1.91. The first-order chi connectivity index (χ1) is 5.40. The van der Waals surface area contributed by atoms with Crippen LogP contribution in [0.1, 0.15) is 0 Å². The average molecular weight is 143 g/mol. The topological polar surface area (TPSA) is 21.7 Å². The summed E-state index contributed by atoms with van der Waals surface area (Å²) in [6.45, 7) is 6.76. The summed E-state index contributed by atoms with van der Waals surface area (Å²) >= 11 is 0. The summed E-state index contributed by atoms with van der Waals surface area (Å²) in [5.41, 5.74) is 1.51. The Bertz CT molecular complexity index is 422. The standard InChI is InChI=1S/C8H5N3/c1-9-7-2-3-8-10-4-5-11(8)6-7/h2-6H. The van der Waals surface area contributed by atoms with Gasteiger partial charge in [0.05, 0.1) is 6.57 Å². The van der Waals surface area contributed by atoms with E-state index in [1.807, 2.05) is 16.7 Å². The van der Waals surface area contributed by atoms with Gasteiger partial charge >= 0.3 is 0 Å². The molecule has 0 aliphatic heterocycles. The quantitative estimate of drug-likeness (QED) is 0.516. The van der Waals surface area contributed by atoms with Crippen molar-refractivity contribution in [3.63, 3.8) is 0 Å². The van der Waals surface area contributed by atoms with E-state index >= 15 is 0 Å². The van der Waals surface area contributed by atoms with Crippen molar-refractivity contribution in [1.29, 1.82) is 0 Å². The van der Waals surface area contributed by atoms with Crippen molar-refractivity contribution in [3.8, 4) is 0 Å². The Hall–Kier alpha value is -1.82. The first-order valence-electron chi connectivity index (χ1n) is 3.20. The minimum atomic E-state index is 0.635. The van der Waals surface area contributed by atoms with Gasteiger partial charge in [-0.2, -0.15) is 0 Å². The molecule has 0 aromatic carbocycles. The number of hydrogen-bond donors (Lipinski definition) is 0. The van der Waals surface area contributed by atoms with Crippen LogP contribution in [0.4, 0.5) is 5.69 Å². The Morgan fingerprint density at radius 2 is 2.36 bits per heavy atom. The van der Waals surface area contributed by atoms with Crippen molar-refractivity contribution >= 4 is 11.3 Å². The number of fused-ring (bicyclic) bond motifs is 1. The van der Waals surface area contributed by atoms with Gasteiger partial charge in [-0.25, -0.2) is 9.83 Å². The van der Waals surface area contributed by atoms with Gasteiger partial charge in [0, 0.05) is 18.6 Å². The Labute approximate surface area is 63.7 Å². The fourth-order valence-corrected chi connectivity index (χ4v) is 0.974. The molecular formula is C8H5N3. The first kappa shape index (κ1) is 5.93. The van der Waals surface area contributed by atoms with E-state index in [2.05, 4.69) is 9.83 Å². The smallest absolute Gasteiger partial charge is 0.203 e. The number of imidazole rings is 1. The minimum Gasteiger partial charge on any atom is -0.318 e.